The van der Waals surface area contributed by atoms with Crippen LogP contribution in [0.3, 0.4) is 0 Å². The molecule has 5 heteroatoms. The van der Waals surface area contributed by atoms with Gasteiger partial charge in [0.15, 0.2) is 0 Å². The zero-order chi connectivity index (χ0) is 13.8. The van der Waals surface area contributed by atoms with Crippen LogP contribution in [0.4, 0.5) is 10.2 Å². The fourth-order valence-electron chi connectivity index (χ4n) is 1.76. The lowest BCUT2D eigenvalue weighted by Crippen LogP contribution is -2.17. The summed E-state index contributed by atoms with van der Waals surface area (Å²) in [5, 5.41) is 3.09. The second-order valence-corrected chi connectivity index (χ2v) is 4.18. The maximum Gasteiger partial charge on any atom is 0.252 e. The van der Waals surface area contributed by atoms with Crippen molar-refractivity contribution in [2.45, 2.75) is 13.0 Å². The molecule has 1 unspecified atom stereocenters. The minimum Gasteiger partial charge on any atom is -0.365 e. The Morgan fingerprint density at radius 2 is 2.00 bits per heavy atom. The maximum atomic E-state index is 12.9. The molecule has 2 aromatic rings. The summed E-state index contributed by atoms with van der Waals surface area (Å²) < 4.78 is 12.9. The molecular formula is C14H14FN3O. The monoisotopic (exact) mass is 259 g/mol. The van der Waals surface area contributed by atoms with Gasteiger partial charge in [-0.05, 0) is 36.8 Å². The average molecular weight is 259 g/mol. The highest BCUT2D eigenvalue weighted by molar-refractivity contribution is 5.97. The summed E-state index contributed by atoms with van der Waals surface area (Å²) in [5.41, 5.74) is 6.50. The number of nitrogens with two attached hydrogens (primary N) is 1. The minimum atomic E-state index is -0.540. The Balaban J connectivity index is 2.21. The van der Waals surface area contributed by atoms with E-state index in [1.54, 1.807) is 30.5 Å². The van der Waals surface area contributed by atoms with Crippen LogP contribution in [0, 0.1) is 5.82 Å². The number of carbonyl (C=O) groups excluding carboxylic acids is 1. The van der Waals surface area contributed by atoms with E-state index in [9.17, 15) is 9.18 Å². The van der Waals surface area contributed by atoms with Gasteiger partial charge >= 0.3 is 0 Å². The van der Waals surface area contributed by atoms with Crippen molar-refractivity contribution in [1.82, 2.24) is 4.98 Å². The van der Waals surface area contributed by atoms with Crippen LogP contribution in [-0.4, -0.2) is 10.9 Å². The van der Waals surface area contributed by atoms with E-state index in [1.165, 1.54) is 12.1 Å². The van der Waals surface area contributed by atoms with Crippen molar-refractivity contribution in [2.75, 3.05) is 5.32 Å². The summed E-state index contributed by atoms with van der Waals surface area (Å²) >= 11 is 0. The molecule has 0 aliphatic carbocycles. The molecule has 1 amide bonds. The molecule has 2 rings (SSSR count). The lowest BCUT2D eigenvalue weighted by atomic mass is 10.1. The van der Waals surface area contributed by atoms with Crippen LogP contribution in [-0.2, 0) is 0 Å². The van der Waals surface area contributed by atoms with Crippen LogP contribution >= 0.6 is 0 Å². The van der Waals surface area contributed by atoms with Crippen molar-refractivity contribution in [3.8, 4) is 0 Å². The molecule has 0 spiro atoms. The topological polar surface area (TPSA) is 68.0 Å². The average Bonchev–Trinajstić information content (AvgIpc) is 2.39. The zero-order valence-corrected chi connectivity index (χ0v) is 10.4. The van der Waals surface area contributed by atoms with E-state index < -0.39 is 5.91 Å². The van der Waals surface area contributed by atoms with Crippen molar-refractivity contribution in [1.29, 1.82) is 0 Å². The van der Waals surface area contributed by atoms with Gasteiger partial charge in [0.05, 0.1) is 5.56 Å². The van der Waals surface area contributed by atoms with Gasteiger partial charge in [-0.2, -0.15) is 0 Å². The highest BCUT2D eigenvalue weighted by Crippen LogP contribution is 2.20. The van der Waals surface area contributed by atoms with Crippen LogP contribution in [0.2, 0.25) is 0 Å². The first kappa shape index (κ1) is 13.0. The van der Waals surface area contributed by atoms with Crippen LogP contribution in [0.5, 0.6) is 0 Å². The minimum absolute atomic E-state index is 0.117. The molecule has 4 nitrogen and oxygen atoms in total. The molecule has 0 fully saturated rings. The van der Waals surface area contributed by atoms with Gasteiger partial charge < -0.3 is 11.1 Å². The van der Waals surface area contributed by atoms with Crippen LogP contribution < -0.4 is 11.1 Å². The molecule has 1 aromatic heterocycles. The van der Waals surface area contributed by atoms with E-state index in [2.05, 4.69) is 10.3 Å². The van der Waals surface area contributed by atoms with Gasteiger partial charge in [0.2, 0.25) is 0 Å². The van der Waals surface area contributed by atoms with E-state index in [0.717, 1.165) is 5.56 Å². The van der Waals surface area contributed by atoms with Gasteiger partial charge in [0.25, 0.3) is 5.91 Å². The summed E-state index contributed by atoms with van der Waals surface area (Å²) in [4.78, 5) is 15.4. The number of carbonyl (C=O) groups is 1. The first-order chi connectivity index (χ1) is 9.08. The Hall–Kier alpha value is -2.43. The number of hydrogen-bond donors (Lipinski definition) is 2. The first-order valence-electron chi connectivity index (χ1n) is 5.84. The smallest absolute Gasteiger partial charge is 0.252 e. The van der Waals surface area contributed by atoms with Gasteiger partial charge in [0, 0.05) is 12.2 Å². The molecule has 1 aromatic carbocycles. The number of aromatic nitrogens is 1. The van der Waals surface area contributed by atoms with Gasteiger partial charge in [-0.1, -0.05) is 12.1 Å². The molecule has 1 atom stereocenters. The Morgan fingerprint density at radius 1 is 1.32 bits per heavy atom. The van der Waals surface area contributed by atoms with Gasteiger partial charge in [-0.3, -0.25) is 4.79 Å². The number of pyridine rings is 1. The molecule has 0 aliphatic rings. The number of hydrogen-bond acceptors (Lipinski definition) is 3. The lowest BCUT2D eigenvalue weighted by Gasteiger charge is -2.16. The number of benzene rings is 1. The SMILES string of the molecule is CC(Nc1ncccc1C(N)=O)c1ccc(F)cc1. The second kappa shape index (κ2) is 5.48. The molecular weight excluding hydrogens is 245 g/mol. The van der Waals surface area contributed by atoms with Gasteiger partial charge in [-0.15, -0.1) is 0 Å². The highest BCUT2D eigenvalue weighted by Gasteiger charge is 2.12. The summed E-state index contributed by atoms with van der Waals surface area (Å²) in [6.45, 7) is 1.90. The predicted octanol–water partition coefficient (Wildman–Crippen LogP) is 2.49. The molecule has 0 aliphatic heterocycles. The van der Waals surface area contributed by atoms with Crippen LogP contribution in [0.1, 0.15) is 28.9 Å². The number of anilines is 1. The highest BCUT2D eigenvalue weighted by atomic mass is 19.1. The molecule has 0 saturated heterocycles. The predicted molar refractivity (Wildman–Crippen MR) is 71.2 cm³/mol. The molecule has 98 valence electrons. The van der Waals surface area contributed by atoms with Gasteiger partial charge in [0.1, 0.15) is 11.6 Å². The molecule has 0 bridgehead atoms. The van der Waals surface area contributed by atoms with Gasteiger partial charge in [-0.25, -0.2) is 9.37 Å². The van der Waals surface area contributed by atoms with E-state index >= 15 is 0 Å². The third-order valence-corrected chi connectivity index (χ3v) is 2.80. The number of rotatable bonds is 4. The fraction of sp³-hybridized carbons (Fsp3) is 0.143. The zero-order valence-electron chi connectivity index (χ0n) is 10.4. The molecule has 0 radical (unpaired) electrons. The quantitative estimate of drug-likeness (QED) is 0.886. The van der Waals surface area contributed by atoms with Crippen LogP contribution in [0.15, 0.2) is 42.6 Å². The van der Waals surface area contributed by atoms with Crippen molar-refractivity contribution in [2.24, 2.45) is 5.73 Å². The summed E-state index contributed by atoms with van der Waals surface area (Å²) in [5.74, 6) is -0.402. The molecule has 0 saturated carbocycles. The Morgan fingerprint density at radius 3 is 2.63 bits per heavy atom. The maximum absolute atomic E-state index is 12.9. The van der Waals surface area contributed by atoms with Crippen molar-refractivity contribution in [3.63, 3.8) is 0 Å². The second-order valence-electron chi connectivity index (χ2n) is 4.18. The van der Waals surface area contributed by atoms with E-state index in [4.69, 9.17) is 5.73 Å². The third-order valence-electron chi connectivity index (χ3n) is 2.80. The van der Waals surface area contributed by atoms with Crippen molar-refractivity contribution < 1.29 is 9.18 Å². The van der Waals surface area contributed by atoms with Crippen LogP contribution in [0.25, 0.3) is 0 Å². The van der Waals surface area contributed by atoms with E-state index in [-0.39, 0.29) is 11.9 Å². The number of nitrogens with one attached hydrogen (secondary N) is 1. The molecule has 19 heavy (non-hydrogen) atoms. The third kappa shape index (κ3) is 3.07. The largest absolute Gasteiger partial charge is 0.365 e. The Bertz CT molecular complexity index is 583. The first-order valence-corrected chi connectivity index (χ1v) is 5.84. The summed E-state index contributed by atoms with van der Waals surface area (Å²) in [6, 6.07) is 9.28. The standard InChI is InChI=1S/C14H14FN3O/c1-9(10-4-6-11(15)7-5-10)18-14-12(13(16)19)3-2-8-17-14/h2-9H,1H3,(H2,16,19)(H,17,18). The van der Waals surface area contributed by atoms with Crippen molar-refractivity contribution in [3.05, 3.63) is 59.5 Å². The Kier molecular flexibility index (Phi) is 3.75. The fourth-order valence-corrected chi connectivity index (χ4v) is 1.76. The molecule has 3 N–H and O–H groups in total. The number of nitrogens with zero attached hydrogens (tertiary/aromatic N) is 1. The summed E-state index contributed by atoms with van der Waals surface area (Å²) in [7, 11) is 0. The number of primary amides is 1. The van der Waals surface area contributed by atoms with E-state index in [0.29, 0.717) is 11.4 Å². The normalized spacial score (nSPS) is 11.9. The summed E-state index contributed by atoms with van der Waals surface area (Å²) in [6.07, 6.45) is 1.58. The number of halogens is 1. The number of amides is 1. The molecule has 1 heterocycles. The van der Waals surface area contributed by atoms with Crippen molar-refractivity contribution >= 4 is 11.7 Å². The van der Waals surface area contributed by atoms with E-state index in [1.807, 2.05) is 6.92 Å². The lowest BCUT2D eigenvalue weighted by molar-refractivity contribution is 0.100. The Labute approximate surface area is 110 Å².